The van der Waals surface area contributed by atoms with Crippen molar-refractivity contribution in [2.75, 3.05) is 0 Å². The minimum atomic E-state index is -1.22. The van der Waals surface area contributed by atoms with Gasteiger partial charge in [-0.15, -0.1) is 0 Å². The van der Waals surface area contributed by atoms with Crippen molar-refractivity contribution < 1.29 is 17.9 Å². The van der Waals surface area contributed by atoms with Crippen molar-refractivity contribution in [1.29, 1.82) is 0 Å². The average Bonchev–Trinajstić information content (AvgIpc) is 2.89. The lowest BCUT2D eigenvalue weighted by Gasteiger charge is -2.15. The predicted molar refractivity (Wildman–Crippen MR) is 67.3 cm³/mol. The summed E-state index contributed by atoms with van der Waals surface area (Å²) in [6.07, 6.45) is 0. The molecule has 3 rings (SSSR count). The monoisotopic (exact) mass is 279 g/mol. The van der Waals surface area contributed by atoms with Crippen molar-refractivity contribution in [3.05, 3.63) is 70.0 Å². The first-order chi connectivity index (χ1) is 9.56. The second kappa shape index (κ2) is 4.92. The zero-order valence-electron chi connectivity index (χ0n) is 10.5. The van der Waals surface area contributed by atoms with Crippen LogP contribution in [0.1, 0.15) is 28.3 Å². The highest BCUT2D eigenvalue weighted by Crippen LogP contribution is 2.28. The summed E-state index contributed by atoms with van der Waals surface area (Å²) in [7, 11) is 0. The van der Waals surface area contributed by atoms with E-state index in [-0.39, 0.29) is 5.56 Å². The Bertz CT molecular complexity index is 672. The van der Waals surface area contributed by atoms with Gasteiger partial charge in [-0.05, 0) is 22.8 Å². The number of rotatable bonds is 2. The fourth-order valence-electron chi connectivity index (χ4n) is 2.34. The van der Waals surface area contributed by atoms with E-state index in [0.29, 0.717) is 24.8 Å². The molecule has 0 radical (unpaired) electrons. The number of hydrogen-bond donors (Lipinski definition) is 1. The highest BCUT2D eigenvalue weighted by atomic mass is 19.2. The van der Waals surface area contributed by atoms with Crippen LogP contribution in [-0.4, -0.2) is 0 Å². The smallest absolute Gasteiger partial charge is 0.161 e. The molecule has 104 valence electrons. The summed E-state index contributed by atoms with van der Waals surface area (Å²) in [5.41, 5.74) is 8.58. The van der Waals surface area contributed by atoms with Crippen LogP contribution in [0.15, 0.2) is 30.3 Å². The molecule has 1 unspecified atom stereocenters. The van der Waals surface area contributed by atoms with Crippen LogP contribution in [0.3, 0.4) is 0 Å². The Morgan fingerprint density at radius 3 is 2.40 bits per heavy atom. The molecule has 2 N–H and O–H groups in total. The van der Waals surface area contributed by atoms with E-state index >= 15 is 0 Å². The van der Waals surface area contributed by atoms with Crippen LogP contribution in [0.25, 0.3) is 0 Å². The Morgan fingerprint density at radius 2 is 1.60 bits per heavy atom. The molecule has 2 nitrogen and oxygen atoms in total. The molecule has 0 bridgehead atoms. The lowest BCUT2D eigenvalue weighted by molar-refractivity contribution is 0.134. The predicted octanol–water partition coefficient (Wildman–Crippen LogP) is 3.18. The summed E-state index contributed by atoms with van der Waals surface area (Å²) in [5.74, 6) is -3.18. The molecule has 1 aliphatic rings. The highest BCUT2D eigenvalue weighted by molar-refractivity contribution is 5.39. The van der Waals surface area contributed by atoms with Crippen LogP contribution in [0.5, 0.6) is 0 Å². The van der Waals surface area contributed by atoms with Gasteiger partial charge in [-0.25, -0.2) is 13.2 Å². The number of benzene rings is 2. The maximum atomic E-state index is 13.7. The van der Waals surface area contributed by atoms with Gasteiger partial charge in [0, 0.05) is 11.6 Å². The summed E-state index contributed by atoms with van der Waals surface area (Å²) in [6, 6.07) is 5.89. The van der Waals surface area contributed by atoms with Gasteiger partial charge in [0.1, 0.15) is 5.82 Å². The number of halogens is 3. The largest absolute Gasteiger partial charge is 0.372 e. The first-order valence-electron chi connectivity index (χ1n) is 6.15. The van der Waals surface area contributed by atoms with Gasteiger partial charge in [-0.1, -0.05) is 18.2 Å². The molecule has 0 saturated heterocycles. The molecular formula is C15H12F3NO. The molecule has 0 spiro atoms. The van der Waals surface area contributed by atoms with Gasteiger partial charge in [0.25, 0.3) is 0 Å². The number of hydrogen-bond acceptors (Lipinski definition) is 2. The molecular weight excluding hydrogens is 267 g/mol. The number of fused-ring (bicyclic) bond motifs is 1. The van der Waals surface area contributed by atoms with Crippen LogP contribution >= 0.6 is 0 Å². The summed E-state index contributed by atoms with van der Waals surface area (Å²) >= 11 is 0. The van der Waals surface area contributed by atoms with Gasteiger partial charge in [-0.2, -0.15) is 0 Å². The van der Waals surface area contributed by atoms with Crippen molar-refractivity contribution in [2.45, 2.75) is 19.3 Å². The van der Waals surface area contributed by atoms with Gasteiger partial charge in [0.15, 0.2) is 11.6 Å². The third kappa shape index (κ3) is 2.19. The van der Waals surface area contributed by atoms with Crippen molar-refractivity contribution in [1.82, 2.24) is 0 Å². The first kappa shape index (κ1) is 13.1. The van der Waals surface area contributed by atoms with Crippen molar-refractivity contribution in [3.63, 3.8) is 0 Å². The Kier molecular flexibility index (Phi) is 3.23. The fraction of sp³-hybridized carbons (Fsp3) is 0.200. The molecule has 0 saturated carbocycles. The zero-order chi connectivity index (χ0) is 14.3. The fourth-order valence-corrected chi connectivity index (χ4v) is 2.34. The second-order valence-electron chi connectivity index (χ2n) is 4.79. The lowest BCUT2D eigenvalue weighted by atomic mass is 9.96. The SMILES string of the molecule is NC(c1ccc2c(c1)COC2)c1cc(F)c(F)cc1F. The van der Waals surface area contributed by atoms with Crippen LogP contribution in [-0.2, 0) is 18.0 Å². The third-order valence-corrected chi connectivity index (χ3v) is 3.48. The molecule has 0 amide bonds. The second-order valence-corrected chi connectivity index (χ2v) is 4.79. The molecule has 2 aromatic carbocycles. The maximum absolute atomic E-state index is 13.7. The van der Waals surface area contributed by atoms with Gasteiger partial charge in [0.05, 0.1) is 19.3 Å². The van der Waals surface area contributed by atoms with Gasteiger partial charge in [-0.3, -0.25) is 0 Å². The lowest BCUT2D eigenvalue weighted by Crippen LogP contribution is -2.15. The molecule has 0 aromatic heterocycles. The van der Waals surface area contributed by atoms with E-state index in [1.807, 2.05) is 12.1 Å². The summed E-state index contributed by atoms with van der Waals surface area (Å²) in [5, 5.41) is 0. The van der Waals surface area contributed by atoms with Crippen LogP contribution in [0.2, 0.25) is 0 Å². The summed E-state index contributed by atoms with van der Waals surface area (Å²) < 4.78 is 45.2. The van der Waals surface area contributed by atoms with Crippen molar-refractivity contribution in [3.8, 4) is 0 Å². The molecule has 0 aliphatic carbocycles. The maximum Gasteiger partial charge on any atom is 0.161 e. The average molecular weight is 279 g/mol. The van der Waals surface area contributed by atoms with Gasteiger partial charge >= 0.3 is 0 Å². The van der Waals surface area contributed by atoms with E-state index in [0.717, 1.165) is 17.2 Å². The Morgan fingerprint density at radius 1 is 0.900 bits per heavy atom. The Balaban J connectivity index is 2.00. The van der Waals surface area contributed by atoms with Crippen LogP contribution in [0.4, 0.5) is 13.2 Å². The summed E-state index contributed by atoms with van der Waals surface area (Å²) in [6.45, 7) is 1.03. The van der Waals surface area contributed by atoms with Crippen molar-refractivity contribution in [2.24, 2.45) is 5.73 Å². The van der Waals surface area contributed by atoms with E-state index in [2.05, 4.69) is 0 Å². The molecule has 2 aromatic rings. The van der Waals surface area contributed by atoms with E-state index in [9.17, 15) is 13.2 Å². The van der Waals surface area contributed by atoms with Crippen LogP contribution in [0, 0.1) is 17.5 Å². The first-order valence-corrected chi connectivity index (χ1v) is 6.15. The van der Waals surface area contributed by atoms with Crippen LogP contribution < -0.4 is 5.73 Å². The Hall–Kier alpha value is -1.85. The van der Waals surface area contributed by atoms with E-state index < -0.39 is 23.5 Å². The van der Waals surface area contributed by atoms with Crippen molar-refractivity contribution >= 4 is 0 Å². The Labute approximate surface area is 114 Å². The minimum absolute atomic E-state index is 0.0669. The number of ether oxygens (including phenoxy) is 1. The number of nitrogens with two attached hydrogens (primary N) is 1. The van der Waals surface area contributed by atoms with Gasteiger partial charge < -0.3 is 10.5 Å². The van der Waals surface area contributed by atoms with E-state index in [1.54, 1.807) is 6.07 Å². The van der Waals surface area contributed by atoms with E-state index in [4.69, 9.17) is 10.5 Å². The normalized spacial score (nSPS) is 15.2. The zero-order valence-corrected chi connectivity index (χ0v) is 10.5. The quantitative estimate of drug-likeness (QED) is 0.857. The summed E-state index contributed by atoms with van der Waals surface area (Å²) in [4.78, 5) is 0. The molecule has 1 aliphatic heterocycles. The standard InChI is InChI=1S/C15H12F3NO/c16-12-5-14(18)13(17)4-11(12)15(19)8-1-2-9-6-20-7-10(9)3-8/h1-5,15H,6-7,19H2. The third-order valence-electron chi connectivity index (χ3n) is 3.48. The molecule has 1 heterocycles. The molecule has 0 fully saturated rings. The molecule has 20 heavy (non-hydrogen) atoms. The van der Waals surface area contributed by atoms with Gasteiger partial charge in [0.2, 0.25) is 0 Å². The minimum Gasteiger partial charge on any atom is -0.372 e. The highest BCUT2D eigenvalue weighted by Gasteiger charge is 2.19. The molecule has 1 atom stereocenters. The molecule has 5 heteroatoms. The van der Waals surface area contributed by atoms with E-state index in [1.165, 1.54) is 0 Å². The topological polar surface area (TPSA) is 35.2 Å².